The number of hydrogen-bond acceptors (Lipinski definition) is 1. The lowest BCUT2D eigenvalue weighted by atomic mass is 10.0. The van der Waals surface area contributed by atoms with E-state index in [2.05, 4.69) is 37.0 Å². The van der Waals surface area contributed by atoms with Crippen molar-refractivity contribution in [2.45, 2.75) is 13.3 Å². The second kappa shape index (κ2) is 5.52. The van der Waals surface area contributed by atoms with Gasteiger partial charge in [0.15, 0.2) is 0 Å². The van der Waals surface area contributed by atoms with Crippen LogP contribution in [0.1, 0.15) is 11.3 Å². The first-order valence-electron chi connectivity index (χ1n) is 4.40. The zero-order chi connectivity index (χ0) is 10.7. The van der Waals surface area contributed by atoms with Crippen molar-refractivity contribution in [2.75, 3.05) is 10.7 Å². The topological polar surface area (TPSA) is 17.8 Å². The van der Waals surface area contributed by atoms with Crippen LogP contribution in [0.5, 0.6) is 0 Å². The van der Waals surface area contributed by atoms with E-state index in [0.29, 0.717) is 5.92 Å². The Bertz CT molecular complexity index is 308. The molecule has 80 valence electrons. The molecular weight excluding hydrogens is 331 g/mol. The maximum Gasteiger partial charge on any atom is 0.130 e. The second-order valence-electron chi connectivity index (χ2n) is 3.36. The van der Waals surface area contributed by atoms with Crippen molar-refractivity contribution in [1.29, 1.82) is 0 Å². The molecule has 0 aromatic carbocycles. The van der Waals surface area contributed by atoms with Crippen LogP contribution >= 0.6 is 43.5 Å². The van der Waals surface area contributed by atoms with E-state index in [1.54, 1.807) is 4.68 Å². The molecule has 0 fully saturated rings. The van der Waals surface area contributed by atoms with Crippen molar-refractivity contribution in [3.05, 3.63) is 16.4 Å². The highest BCUT2D eigenvalue weighted by Gasteiger charge is 2.15. The summed E-state index contributed by atoms with van der Waals surface area (Å²) in [4.78, 5) is 0. The Hall–Kier alpha value is 0.460. The van der Waals surface area contributed by atoms with Crippen LogP contribution in [0, 0.1) is 12.8 Å². The molecule has 0 saturated heterocycles. The van der Waals surface area contributed by atoms with Crippen molar-refractivity contribution in [1.82, 2.24) is 9.78 Å². The van der Waals surface area contributed by atoms with Gasteiger partial charge in [0.05, 0.1) is 5.69 Å². The van der Waals surface area contributed by atoms with Gasteiger partial charge in [0.1, 0.15) is 5.15 Å². The first-order valence-corrected chi connectivity index (χ1v) is 7.02. The van der Waals surface area contributed by atoms with Crippen LogP contribution in [0.3, 0.4) is 0 Å². The van der Waals surface area contributed by atoms with Crippen LogP contribution in [0.15, 0.2) is 0 Å². The van der Waals surface area contributed by atoms with Gasteiger partial charge in [0, 0.05) is 23.3 Å². The smallest absolute Gasteiger partial charge is 0.130 e. The Balaban J connectivity index is 2.84. The summed E-state index contributed by atoms with van der Waals surface area (Å²) < 4.78 is 1.73. The maximum atomic E-state index is 6.14. The predicted molar refractivity (Wildman–Crippen MR) is 67.7 cm³/mol. The number of alkyl halides is 2. The van der Waals surface area contributed by atoms with Crippen LogP contribution in [0.25, 0.3) is 0 Å². The van der Waals surface area contributed by atoms with Crippen molar-refractivity contribution >= 4 is 43.5 Å². The highest BCUT2D eigenvalue weighted by Crippen LogP contribution is 2.23. The lowest BCUT2D eigenvalue weighted by Crippen LogP contribution is -2.08. The van der Waals surface area contributed by atoms with Gasteiger partial charge in [0.2, 0.25) is 0 Å². The molecule has 0 amide bonds. The van der Waals surface area contributed by atoms with E-state index in [1.807, 2.05) is 14.0 Å². The fraction of sp³-hybridized carbons (Fsp3) is 0.667. The number of hydrogen-bond donors (Lipinski definition) is 0. The Morgan fingerprint density at radius 2 is 2.00 bits per heavy atom. The van der Waals surface area contributed by atoms with Crippen LogP contribution in [-0.4, -0.2) is 20.4 Å². The fourth-order valence-corrected chi connectivity index (χ4v) is 3.13. The minimum absolute atomic E-state index is 0.565. The first kappa shape index (κ1) is 12.5. The maximum absolute atomic E-state index is 6.14. The number of rotatable bonds is 4. The summed E-state index contributed by atoms with van der Waals surface area (Å²) in [5, 5.41) is 7.00. The van der Waals surface area contributed by atoms with Gasteiger partial charge in [0.25, 0.3) is 0 Å². The Labute approximate surface area is 106 Å². The third-order valence-electron chi connectivity index (χ3n) is 2.20. The molecule has 1 rings (SSSR count). The zero-order valence-electron chi connectivity index (χ0n) is 8.23. The van der Waals surface area contributed by atoms with Gasteiger partial charge in [-0.25, -0.2) is 0 Å². The van der Waals surface area contributed by atoms with Crippen molar-refractivity contribution in [3.63, 3.8) is 0 Å². The molecule has 1 aromatic heterocycles. The summed E-state index contributed by atoms with van der Waals surface area (Å²) in [7, 11) is 1.87. The molecule has 5 heteroatoms. The van der Waals surface area contributed by atoms with Crippen molar-refractivity contribution in [2.24, 2.45) is 13.0 Å². The monoisotopic (exact) mass is 342 g/mol. The molecule has 2 nitrogen and oxygen atoms in total. The lowest BCUT2D eigenvalue weighted by Gasteiger charge is -2.09. The molecule has 1 aromatic rings. The van der Waals surface area contributed by atoms with Crippen LogP contribution in [-0.2, 0) is 13.5 Å². The average Bonchev–Trinajstić information content (AvgIpc) is 2.40. The molecule has 0 aliphatic heterocycles. The summed E-state index contributed by atoms with van der Waals surface area (Å²) in [6.07, 6.45) is 0.967. The molecule has 0 aliphatic carbocycles. The van der Waals surface area contributed by atoms with Gasteiger partial charge in [-0.2, -0.15) is 5.10 Å². The molecule has 0 aliphatic rings. The van der Waals surface area contributed by atoms with Gasteiger partial charge in [-0.3, -0.25) is 4.68 Å². The minimum Gasteiger partial charge on any atom is -0.257 e. The summed E-state index contributed by atoms with van der Waals surface area (Å²) >= 11 is 13.1. The van der Waals surface area contributed by atoms with Gasteiger partial charge in [-0.15, -0.1) is 0 Å². The molecule has 0 saturated carbocycles. The van der Waals surface area contributed by atoms with Gasteiger partial charge in [-0.05, 0) is 19.3 Å². The third kappa shape index (κ3) is 2.74. The molecule has 0 spiro atoms. The van der Waals surface area contributed by atoms with E-state index in [1.165, 1.54) is 0 Å². The van der Waals surface area contributed by atoms with Crippen molar-refractivity contribution < 1.29 is 0 Å². The second-order valence-corrected chi connectivity index (χ2v) is 5.01. The van der Waals surface area contributed by atoms with E-state index < -0.39 is 0 Å². The SMILES string of the molecule is Cc1nn(C)c(Cl)c1CC(CBr)CBr. The van der Waals surface area contributed by atoms with E-state index in [0.717, 1.165) is 33.5 Å². The predicted octanol–water partition coefficient (Wildman–Crippen LogP) is 3.33. The normalized spacial score (nSPS) is 11.3. The number of nitrogens with zero attached hydrogens (tertiary/aromatic N) is 2. The standard InChI is InChI=1S/C9H13Br2ClN2/c1-6-8(3-7(4-10)5-11)9(12)14(2)13-6/h7H,3-5H2,1-2H3. The van der Waals surface area contributed by atoms with Gasteiger partial charge >= 0.3 is 0 Å². The third-order valence-corrected chi connectivity index (χ3v) is 4.50. The summed E-state index contributed by atoms with van der Waals surface area (Å²) in [6.45, 7) is 2.00. The highest BCUT2D eigenvalue weighted by atomic mass is 79.9. The molecular formula is C9H13Br2ClN2. The lowest BCUT2D eigenvalue weighted by molar-refractivity contribution is 0.676. The molecule has 0 bridgehead atoms. The molecule has 0 N–H and O–H groups in total. The summed E-state index contributed by atoms with van der Waals surface area (Å²) in [5.41, 5.74) is 2.20. The van der Waals surface area contributed by atoms with Gasteiger partial charge < -0.3 is 0 Å². The Kier molecular flexibility index (Phi) is 4.94. The largest absolute Gasteiger partial charge is 0.257 e. The molecule has 1 heterocycles. The highest BCUT2D eigenvalue weighted by molar-refractivity contribution is 9.09. The minimum atomic E-state index is 0.565. The first-order chi connectivity index (χ1) is 6.60. The molecule has 0 unspecified atom stereocenters. The van der Waals surface area contributed by atoms with E-state index in [9.17, 15) is 0 Å². The van der Waals surface area contributed by atoms with Gasteiger partial charge in [-0.1, -0.05) is 43.5 Å². The zero-order valence-corrected chi connectivity index (χ0v) is 12.2. The Morgan fingerprint density at radius 1 is 1.43 bits per heavy atom. The van der Waals surface area contributed by atoms with E-state index in [-0.39, 0.29) is 0 Å². The average molecular weight is 344 g/mol. The van der Waals surface area contributed by atoms with Crippen LogP contribution < -0.4 is 0 Å². The number of halogens is 3. The summed E-state index contributed by atoms with van der Waals surface area (Å²) in [5.74, 6) is 0.565. The Morgan fingerprint density at radius 3 is 2.36 bits per heavy atom. The van der Waals surface area contributed by atoms with Crippen molar-refractivity contribution in [3.8, 4) is 0 Å². The number of aromatic nitrogens is 2. The van der Waals surface area contributed by atoms with E-state index >= 15 is 0 Å². The molecule has 14 heavy (non-hydrogen) atoms. The fourth-order valence-electron chi connectivity index (χ4n) is 1.34. The molecule has 0 atom stereocenters. The molecule has 0 radical (unpaired) electrons. The quantitative estimate of drug-likeness (QED) is 0.766. The summed E-state index contributed by atoms with van der Waals surface area (Å²) in [6, 6.07) is 0. The number of aryl methyl sites for hydroxylation is 2. The van der Waals surface area contributed by atoms with Crippen LogP contribution in [0.4, 0.5) is 0 Å². The van der Waals surface area contributed by atoms with E-state index in [4.69, 9.17) is 11.6 Å². The van der Waals surface area contributed by atoms with Crippen LogP contribution in [0.2, 0.25) is 5.15 Å².